The number of likely N-dealkylation sites (N-methyl/N-ethyl adjacent to an activating group) is 1. The lowest BCUT2D eigenvalue weighted by molar-refractivity contribution is -0.142. The van der Waals surface area contributed by atoms with Gasteiger partial charge in [-0.05, 0) is 7.05 Å². The Bertz CT molecular complexity index is 252. The maximum atomic E-state index is 9.69. The zero-order chi connectivity index (χ0) is 12.1. The van der Waals surface area contributed by atoms with Gasteiger partial charge in [-0.25, -0.2) is 0 Å². The van der Waals surface area contributed by atoms with Crippen molar-refractivity contribution >= 4 is 16.9 Å². The Kier molecular flexibility index (Phi) is 5.50. The van der Waals surface area contributed by atoms with Crippen molar-refractivity contribution in [3.63, 3.8) is 0 Å². The molecule has 94 valence electrons. The van der Waals surface area contributed by atoms with Gasteiger partial charge in [0.1, 0.15) is 11.5 Å². The summed E-state index contributed by atoms with van der Waals surface area (Å²) in [6.07, 6.45) is -1.71. The van der Waals surface area contributed by atoms with Crippen molar-refractivity contribution in [2.75, 3.05) is 20.6 Å². The molecule has 5 N–H and O–H groups in total. The SMILES string of the molecule is CN=C(N)S[C@@H]1C[C@@H](O)[C@H](O)C(CNC)O1. The molecule has 1 aliphatic heterocycles. The predicted octanol–water partition coefficient (Wildman–Crippen LogP) is -1.28. The molecule has 16 heavy (non-hydrogen) atoms. The van der Waals surface area contributed by atoms with Crippen LogP contribution in [0.4, 0.5) is 0 Å². The van der Waals surface area contributed by atoms with E-state index in [1.165, 1.54) is 11.8 Å². The molecule has 0 amide bonds. The largest absolute Gasteiger partial charge is 0.390 e. The van der Waals surface area contributed by atoms with E-state index in [0.29, 0.717) is 18.1 Å². The standard InChI is InChI=1S/C9H19N3O3S/c1-11-4-6-8(14)5(13)3-7(15-6)16-9(10)12-2/h5-8,11,13-14H,3-4H2,1-2H3,(H2,10,12)/t5-,6?,7-,8+/m1/s1. The van der Waals surface area contributed by atoms with Crippen LogP contribution in [0.2, 0.25) is 0 Å². The van der Waals surface area contributed by atoms with Crippen molar-refractivity contribution in [1.29, 1.82) is 0 Å². The van der Waals surface area contributed by atoms with E-state index in [2.05, 4.69) is 10.3 Å². The number of aliphatic hydroxyl groups is 2. The van der Waals surface area contributed by atoms with E-state index in [1.807, 2.05) is 0 Å². The number of hydrogen-bond donors (Lipinski definition) is 4. The first-order valence-corrected chi connectivity index (χ1v) is 6.01. The highest BCUT2D eigenvalue weighted by Crippen LogP contribution is 2.27. The van der Waals surface area contributed by atoms with Crippen LogP contribution in [-0.4, -0.2) is 59.8 Å². The number of hydrogen-bond acceptors (Lipinski definition) is 6. The van der Waals surface area contributed by atoms with Crippen LogP contribution in [0.3, 0.4) is 0 Å². The fourth-order valence-corrected chi connectivity index (χ4v) is 2.42. The molecule has 4 atom stereocenters. The van der Waals surface area contributed by atoms with Crippen molar-refractivity contribution in [3.8, 4) is 0 Å². The number of nitrogens with zero attached hydrogens (tertiary/aromatic N) is 1. The molecule has 0 aromatic carbocycles. The first-order valence-electron chi connectivity index (χ1n) is 5.13. The Balaban J connectivity index is 2.56. The van der Waals surface area contributed by atoms with E-state index in [0.717, 1.165) is 0 Å². The zero-order valence-corrected chi connectivity index (χ0v) is 10.3. The third kappa shape index (κ3) is 3.60. The summed E-state index contributed by atoms with van der Waals surface area (Å²) < 4.78 is 5.61. The molecule has 1 unspecified atom stereocenters. The Morgan fingerprint density at radius 3 is 2.88 bits per heavy atom. The number of amidine groups is 1. The number of thioether (sulfide) groups is 1. The van der Waals surface area contributed by atoms with Crippen LogP contribution in [0.5, 0.6) is 0 Å². The van der Waals surface area contributed by atoms with E-state index in [-0.39, 0.29) is 5.44 Å². The van der Waals surface area contributed by atoms with Crippen molar-refractivity contribution < 1.29 is 14.9 Å². The van der Waals surface area contributed by atoms with Crippen LogP contribution >= 0.6 is 11.8 Å². The third-order valence-corrected chi connectivity index (χ3v) is 3.40. The summed E-state index contributed by atoms with van der Waals surface area (Å²) in [6.45, 7) is 0.485. The van der Waals surface area contributed by atoms with Crippen molar-refractivity contribution in [3.05, 3.63) is 0 Å². The van der Waals surface area contributed by atoms with E-state index in [9.17, 15) is 10.2 Å². The molecule has 0 spiro atoms. The highest BCUT2D eigenvalue weighted by atomic mass is 32.2. The van der Waals surface area contributed by atoms with Crippen LogP contribution < -0.4 is 11.1 Å². The zero-order valence-electron chi connectivity index (χ0n) is 9.46. The van der Waals surface area contributed by atoms with Crippen LogP contribution in [0, 0.1) is 0 Å². The van der Waals surface area contributed by atoms with Gasteiger partial charge in [0.05, 0.1) is 12.2 Å². The van der Waals surface area contributed by atoms with Gasteiger partial charge in [0.25, 0.3) is 0 Å². The summed E-state index contributed by atoms with van der Waals surface area (Å²) in [5.41, 5.74) is 5.31. The highest BCUT2D eigenvalue weighted by Gasteiger charge is 2.36. The smallest absolute Gasteiger partial charge is 0.156 e. The van der Waals surface area contributed by atoms with E-state index in [4.69, 9.17) is 10.5 Å². The second-order valence-corrected chi connectivity index (χ2v) is 4.81. The molecule has 1 fully saturated rings. The second-order valence-electron chi connectivity index (χ2n) is 3.64. The van der Waals surface area contributed by atoms with E-state index >= 15 is 0 Å². The molecule has 0 aromatic rings. The fraction of sp³-hybridized carbons (Fsp3) is 0.889. The van der Waals surface area contributed by atoms with Crippen LogP contribution in [-0.2, 0) is 4.74 Å². The minimum atomic E-state index is -0.857. The minimum Gasteiger partial charge on any atom is -0.390 e. The van der Waals surface area contributed by atoms with Gasteiger partial charge in [-0.15, -0.1) is 0 Å². The van der Waals surface area contributed by atoms with Gasteiger partial charge in [-0.2, -0.15) is 0 Å². The average Bonchev–Trinajstić information content (AvgIpc) is 2.25. The van der Waals surface area contributed by atoms with Gasteiger partial charge in [-0.3, -0.25) is 4.99 Å². The molecule has 0 aliphatic carbocycles. The Morgan fingerprint density at radius 2 is 2.31 bits per heavy atom. The van der Waals surface area contributed by atoms with Gasteiger partial charge in [0, 0.05) is 20.0 Å². The summed E-state index contributed by atoms with van der Waals surface area (Å²) >= 11 is 1.26. The fourth-order valence-electron chi connectivity index (χ4n) is 1.55. The van der Waals surface area contributed by atoms with E-state index in [1.54, 1.807) is 14.1 Å². The molecular formula is C9H19N3O3S. The van der Waals surface area contributed by atoms with Gasteiger partial charge in [0.2, 0.25) is 0 Å². The van der Waals surface area contributed by atoms with Gasteiger partial charge in [-0.1, -0.05) is 11.8 Å². The maximum absolute atomic E-state index is 9.69. The van der Waals surface area contributed by atoms with Crippen LogP contribution in [0.1, 0.15) is 6.42 Å². The second kappa shape index (κ2) is 6.41. The Hall–Kier alpha value is -0.340. The summed E-state index contributed by atoms with van der Waals surface area (Å²) in [6, 6.07) is 0. The number of aliphatic imine (C=N–C) groups is 1. The molecule has 7 heteroatoms. The number of rotatable bonds is 3. The van der Waals surface area contributed by atoms with Crippen LogP contribution in [0.15, 0.2) is 4.99 Å². The molecule has 0 radical (unpaired) electrons. The van der Waals surface area contributed by atoms with Gasteiger partial charge >= 0.3 is 0 Å². The minimum absolute atomic E-state index is 0.263. The van der Waals surface area contributed by atoms with Gasteiger partial charge < -0.3 is 26.0 Å². The number of nitrogens with one attached hydrogen (secondary N) is 1. The lowest BCUT2D eigenvalue weighted by Crippen LogP contribution is -2.51. The highest BCUT2D eigenvalue weighted by molar-refractivity contribution is 8.14. The Labute approximate surface area is 99.3 Å². The normalized spacial score (nSPS) is 36.4. The quantitative estimate of drug-likeness (QED) is 0.367. The van der Waals surface area contributed by atoms with Crippen LogP contribution in [0.25, 0.3) is 0 Å². The maximum Gasteiger partial charge on any atom is 0.156 e. The van der Waals surface area contributed by atoms with E-state index < -0.39 is 18.3 Å². The summed E-state index contributed by atoms with van der Waals surface area (Å²) in [5, 5.41) is 22.7. The molecular weight excluding hydrogens is 230 g/mol. The molecule has 1 aliphatic rings. The number of ether oxygens (including phenoxy) is 1. The van der Waals surface area contributed by atoms with Crippen molar-refractivity contribution in [2.24, 2.45) is 10.7 Å². The first-order chi connectivity index (χ1) is 7.58. The molecule has 0 aromatic heterocycles. The van der Waals surface area contributed by atoms with Crippen molar-refractivity contribution in [2.45, 2.75) is 30.2 Å². The topological polar surface area (TPSA) is 100 Å². The molecule has 1 saturated heterocycles. The number of aliphatic hydroxyl groups excluding tert-OH is 2. The third-order valence-electron chi connectivity index (χ3n) is 2.41. The molecule has 1 rings (SSSR count). The molecule has 1 heterocycles. The molecule has 6 nitrogen and oxygen atoms in total. The Morgan fingerprint density at radius 1 is 1.62 bits per heavy atom. The lowest BCUT2D eigenvalue weighted by atomic mass is 10.0. The molecule has 0 bridgehead atoms. The van der Waals surface area contributed by atoms with Gasteiger partial charge in [0.15, 0.2) is 5.17 Å². The van der Waals surface area contributed by atoms with Crippen molar-refractivity contribution in [1.82, 2.24) is 5.32 Å². The lowest BCUT2D eigenvalue weighted by Gasteiger charge is -2.36. The number of nitrogens with two attached hydrogens (primary N) is 1. The summed E-state index contributed by atoms with van der Waals surface area (Å²) in [7, 11) is 3.36. The summed E-state index contributed by atoms with van der Waals surface area (Å²) in [5.74, 6) is 0. The predicted molar refractivity (Wildman–Crippen MR) is 64.4 cm³/mol. The monoisotopic (exact) mass is 249 g/mol. The summed E-state index contributed by atoms with van der Waals surface area (Å²) in [4.78, 5) is 3.82. The molecule has 0 saturated carbocycles. The average molecular weight is 249 g/mol. The first kappa shape index (κ1) is 13.7.